The first-order chi connectivity index (χ1) is 19.2. The average molecular weight is 614 g/mol. The molecule has 0 aliphatic rings. The normalized spacial score (nSPS) is 14.2. The van der Waals surface area contributed by atoms with Gasteiger partial charge >= 0.3 is 5.97 Å². The summed E-state index contributed by atoms with van der Waals surface area (Å²) in [7, 11) is -0.678. The van der Waals surface area contributed by atoms with Crippen molar-refractivity contribution in [1.29, 1.82) is 0 Å². The highest BCUT2D eigenvalue weighted by molar-refractivity contribution is 7.87. The quantitative estimate of drug-likeness (QED) is 0.157. The third kappa shape index (κ3) is 14.1. The van der Waals surface area contributed by atoms with Crippen LogP contribution in [0.1, 0.15) is 72.4 Å². The summed E-state index contributed by atoms with van der Waals surface area (Å²) in [6.07, 6.45) is -0.547. The predicted octanol–water partition coefficient (Wildman–Crippen LogP) is 1.73. The van der Waals surface area contributed by atoms with E-state index in [4.69, 9.17) is 0 Å². The third-order valence-electron chi connectivity index (χ3n) is 6.54. The second-order valence-corrected chi connectivity index (χ2v) is 14.5. The van der Waals surface area contributed by atoms with E-state index >= 15 is 0 Å². The molecular formula is C29H51N5O7S. The van der Waals surface area contributed by atoms with Crippen molar-refractivity contribution in [3.05, 3.63) is 35.9 Å². The molecule has 0 spiro atoms. The fraction of sp³-hybridized carbons (Fsp3) is 0.690. The van der Waals surface area contributed by atoms with Crippen molar-refractivity contribution in [3.8, 4) is 0 Å². The van der Waals surface area contributed by atoms with Crippen LogP contribution < -0.4 is 15.4 Å². The Morgan fingerprint density at radius 3 is 2.12 bits per heavy atom. The lowest BCUT2D eigenvalue weighted by Crippen LogP contribution is -2.55. The molecule has 0 radical (unpaired) electrons. The van der Waals surface area contributed by atoms with Gasteiger partial charge in [0.05, 0.1) is 18.7 Å². The van der Waals surface area contributed by atoms with Gasteiger partial charge in [-0.2, -0.15) is 17.4 Å². The van der Waals surface area contributed by atoms with E-state index < -0.39 is 39.3 Å². The molecule has 5 N–H and O–H groups in total. The van der Waals surface area contributed by atoms with Gasteiger partial charge in [-0.3, -0.25) is 14.4 Å². The number of benzene rings is 1. The minimum absolute atomic E-state index is 0.0196. The maximum atomic E-state index is 13.2. The average Bonchev–Trinajstić information content (AvgIpc) is 2.84. The van der Waals surface area contributed by atoms with Crippen LogP contribution in [-0.4, -0.2) is 97.5 Å². The Bertz CT molecular complexity index is 1120. The second kappa shape index (κ2) is 16.3. The molecule has 42 heavy (non-hydrogen) atoms. The number of aliphatic carboxylic acids is 1. The van der Waals surface area contributed by atoms with E-state index in [2.05, 4.69) is 15.4 Å². The van der Waals surface area contributed by atoms with Gasteiger partial charge < -0.3 is 25.7 Å². The minimum Gasteiger partial charge on any atom is -0.480 e. The monoisotopic (exact) mass is 613 g/mol. The van der Waals surface area contributed by atoms with Crippen LogP contribution in [0.2, 0.25) is 0 Å². The first kappa shape index (κ1) is 37.4. The SMILES string of the molecule is CC(C)CCN(CC(O)CC(NC(=O)CC(C)(C)CNC(=O)CN(C)C)c1ccccc1)S(=O)(=O)NC(C)(C)C(=O)O. The lowest BCUT2D eigenvalue weighted by atomic mass is 9.88. The van der Waals surface area contributed by atoms with Gasteiger partial charge in [0.1, 0.15) is 5.54 Å². The van der Waals surface area contributed by atoms with E-state index in [0.29, 0.717) is 13.0 Å². The molecule has 2 unspecified atom stereocenters. The summed E-state index contributed by atoms with van der Waals surface area (Å²) in [4.78, 5) is 38.5. The number of nitrogens with one attached hydrogen (secondary N) is 3. The Hall–Kier alpha value is -2.58. The maximum absolute atomic E-state index is 13.2. The van der Waals surface area contributed by atoms with Crippen LogP contribution in [0, 0.1) is 11.3 Å². The van der Waals surface area contributed by atoms with Crippen molar-refractivity contribution in [2.24, 2.45) is 11.3 Å². The fourth-order valence-corrected chi connectivity index (χ4v) is 5.69. The molecule has 0 aromatic heterocycles. The Kier molecular flexibility index (Phi) is 14.5. The molecule has 0 saturated carbocycles. The van der Waals surface area contributed by atoms with Crippen molar-refractivity contribution < 1.29 is 33.0 Å². The Balaban J connectivity index is 3.06. The first-order valence-corrected chi connectivity index (χ1v) is 15.6. The van der Waals surface area contributed by atoms with Gasteiger partial charge in [-0.25, -0.2) is 0 Å². The summed E-state index contributed by atoms with van der Waals surface area (Å²) >= 11 is 0. The Morgan fingerprint density at radius 1 is 1.00 bits per heavy atom. The first-order valence-electron chi connectivity index (χ1n) is 14.2. The molecule has 2 atom stereocenters. The smallest absolute Gasteiger partial charge is 0.324 e. The lowest BCUT2D eigenvalue weighted by Gasteiger charge is -2.31. The third-order valence-corrected chi connectivity index (χ3v) is 8.32. The van der Waals surface area contributed by atoms with Gasteiger partial charge in [-0.15, -0.1) is 0 Å². The van der Waals surface area contributed by atoms with Gasteiger partial charge in [0.25, 0.3) is 10.2 Å². The van der Waals surface area contributed by atoms with Crippen LogP contribution in [0.15, 0.2) is 30.3 Å². The molecule has 0 fully saturated rings. The number of aliphatic hydroxyl groups excluding tert-OH is 1. The van der Waals surface area contributed by atoms with E-state index in [0.717, 1.165) is 9.87 Å². The van der Waals surface area contributed by atoms with Crippen LogP contribution in [0.5, 0.6) is 0 Å². The zero-order valence-corrected chi connectivity index (χ0v) is 27.1. The van der Waals surface area contributed by atoms with Crippen LogP contribution >= 0.6 is 0 Å². The highest BCUT2D eigenvalue weighted by Crippen LogP contribution is 2.24. The summed E-state index contributed by atoms with van der Waals surface area (Å²) in [5, 5.41) is 26.4. The molecule has 0 heterocycles. The van der Waals surface area contributed by atoms with Crippen LogP contribution in [-0.2, 0) is 24.6 Å². The summed E-state index contributed by atoms with van der Waals surface area (Å²) in [6, 6.07) is 8.45. The number of carbonyl (C=O) groups is 3. The van der Waals surface area contributed by atoms with E-state index in [1.807, 2.05) is 58.0 Å². The van der Waals surface area contributed by atoms with Crippen molar-refractivity contribution in [2.45, 2.75) is 78.5 Å². The Labute approximate surface area is 251 Å². The van der Waals surface area contributed by atoms with Gasteiger partial charge in [-0.05, 0) is 57.7 Å². The molecule has 1 rings (SSSR count). The highest BCUT2D eigenvalue weighted by atomic mass is 32.2. The predicted molar refractivity (Wildman–Crippen MR) is 163 cm³/mol. The largest absolute Gasteiger partial charge is 0.480 e. The summed E-state index contributed by atoms with van der Waals surface area (Å²) in [6.45, 7) is 10.4. The number of rotatable bonds is 19. The number of nitrogens with zero attached hydrogens (tertiary/aromatic N) is 2. The highest BCUT2D eigenvalue weighted by Gasteiger charge is 2.36. The number of likely N-dealkylation sites (N-methyl/N-ethyl adjacent to an activating group) is 1. The molecular weight excluding hydrogens is 562 g/mol. The minimum atomic E-state index is -4.27. The zero-order valence-electron chi connectivity index (χ0n) is 26.3. The molecule has 240 valence electrons. The van der Waals surface area contributed by atoms with Crippen molar-refractivity contribution >= 4 is 28.0 Å². The van der Waals surface area contributed by atoms with Crippen LogP contribution in [0.4, 0.5) is 0 Å². The Morgan fingerprint density at radius 2 is 1.60 bits per heavy atom. The topological polar surface area (TPSA) is 168 Å². The number of amides is 2. The molecule has 1 aromatic carbocycles. The van der Waals surface area contributed by atoms with E-state index in [-0.39, 0.29) is 50.2 Å². The number of carboxylic acid groups (broad SMARTS) is 1. The number of carboxylic acids is 1. The van der Waals surface area contributed by atoms with Gasteiger partial charge in [0.2, 0.25) is 11.8 Å². The van der Waals surface area contributed by atoms with Gasteiger partial charge in [0.15, 0.2) is 0 Å². The summed E-state index contributed by atoms with van der Waals surface area (Å²) < 4.78 is 29.7. The maximum Gasteiger partial charge on any atom is 0.324 e. The molecule has 12 nitrogen and oxygen atoms in total. The molecule has 1 aromatic rings. The second-order valence-electron chi connectivity index (χ2n) is 12.9. The number of hydrogen-bond acceptors (Lipinski definition) is 7. The van der Waals surface area contributed by atoms with Crippen molar-refractivity contribution in [3.63, 3.8) is 0 Å². The molecule has 13 heteroatoms. The standard InChI is InChI=1S/C29H51N5O7S/c1-21(2)14-15-34(42(40,41)32-29(5,6)27(38)39)18-23(35)16-24(22-12-10-9-11-13-22)31-25(36)17-28(3,4)20-30-26(37)19-33(7)8/h9-13,21,23-24,32,35H,14-20H2,1-8H3,(H,30,37)(H,31,36)(H,38,39). The number of carbonyl (C=O) groups excluding carboxylic acids is 2. The molecule has 0 aliphatic heterocycles. The van der Waals surface area contributed by atoms with E-state index in [1.165, 1.54) is 13.8 Å². The van der Waals surface area contributed by atoms with Gasteiger partial charge in [0, 0.05) is 26.1 Å². The number of aliphatic hydroxyl groups is 1. The number of hydrogen-bond donors (Lipinski definition) is 5. The molecule has 0 bridgehead atoms. The molecule has 0 saturated heterocycles. The summed E-state index contributed by atoms with van der Waals surface area (Å²) in [5.41, 5.74) is -1.56. The zero-order chi connectivity index (χ0) is 32.3. The van der Waals surface area contributed by atoms with Crippen LogP contribution in [0.25, 0.3) is 0 Å². The van der Waals surface area contributed by atoms with Gasteiger partial charge in [-0.1, -0.05) is 58.0 Å². The van der Waals surface area contributed by atoms with Crippen molar-refractivity contribution in [1.82, 2.24) is 24.6 Å². The molecule has 0 aliphatic carbocycles. The van der Waals surface area contributed by atoms with Crippen LogP contribution in [0.3, 0.4) is 0 Å². The lowest BCUT2D eigenvalue weighted by molar-refractivity contribution is -0.142. The molecule has 2 amide bonds. The fourth-order valence-electron chi connectivity index (χ4n) is 4.11. The van der Waals surface area contributed by atoms with Crippen molar-refractivity contribution in [2.75, 3.05) is 40.3 Å². The van der Waals surface area contributed by atoms with E-state index in [1.54, 1.807) is 19.0 Å². The van der Waals surface area contributed by atoms with E-state index in [9.17, 15) is 33.0 Å². The summed E-state index contributed by atoms with van der Waals surface area (Å²) in [5.74, 6) is -1.59.